The van der Waals surface area contributed by atoms with Gasteiger partial charge in [-0.2, -0.15) is 4.31 Å². The van der Waals surface area contributed by atoms with Crippen molar-refractivity contribution < 1.29 is 13.2 Å². The van der Waals surface area contributed by atoms with E-state index >= 15 is 0 Å². The summed E-state index contributed by atoms with van der Waals surface area (Å²) in [5.41, 5.74) is 2.04. The Morgan fingerprint density at radius 2 is 1.72 bits per heavy atom. The number of nitrogens with one attached hydrogen (secondary N) is 3. The SMILES string of the molecule is CN(Cc1ccccc1)S(=O)(=O)c1ccc(Cl)c(C(=O)Nc2ccc3[nH]c(=O)[nH]c3c2)c1. The summed E-state index contributed by atoms with van der Waals surface area (Å²) in [6.07, 6.45) is 0. The minimum atomic E-state index is -3.86. The van der Waals surface area contributed by atoms with Gasteiger partial charge in [0, 0.05) is 19.3 Å². The molecule has 0 atom stereocenters. The van der Waals surface area contributed by atoms with Gasteiger partial charge in [0.05, 0.1) is 26.5 Å². The van der Waals surface area contributed by atoms with E-state index < -0.39 is 15.9 Å². The van der Waals surface area contributed by atoms with Crippen molar-refractivity contribution in [3.05, 3.63) is 93.4 Å². The number of fused-ring (bicyclic) bond motifs is 1. The first kappa shape index (κ1) is 21.8. The Labute approximate surface area is 188 Å². The van der Waals surface area contributed by atoms with Crippen molar-refractivity contribution in [3.8, 4) is 0 Å². The van der Waals surface area contributed by atoms with E-state index in [2.05, 4.69) is 15.3 Å². The molecule has 0 saturated heterocycles. The van der Waals surface area contributed by atoms with Crippen molar-refractivity contribution in [2.24, 2.45) is 0 Å². The molecule has 0 aliphatic heterocycles. The predicted octanol–water partition coefficient (Wildman–Crippen LogP) is 3.58. The first-order valence-corrected chi connectivity index (χ1v) is 11.4. The van der Waals surface area contributed by atoms with E-state index in [1.807, 2.05) is 30.3 Å². The van der Waals surface area contributed by atoms with Crippen LogP contribution in [0.4, 0.5) is 5.69 Å². The monoisotopic (exact) mass is 470 g/mol. The fourth-order valence-electron chi connectivity index (χ4n) is 3.25. The van der Waals surface area contributed by atoms with Gasteiger partial charge in [-0.15, -0.1) is 0 Å². The van der Waals surface area contributed by atoms with Crippen molar-refractivity contribution >= 4 is 44.3 Å². The topological polar surface area (TPSA) is 115 Å². The average molecular weight is 471 g/mol. The smallest absolute Gasteiger partial charge is 0.322 e. The molecule has 32 heavy (non-hydrogen) atoms. The third kappa shape index (κ3) is 4.45. The molecule has 8 nitrogen and oxygen atoms in total. The number of hydrogen-bond acceptors (Lipinski definition) is 4. The number of halogens is 1. The number of anilines is 1. The van der Waals surface area contributed by atoms with Gasteiger partial charge >= 0.3 is 5.69 Å². The number of carbonyl (C=O) groups is 1. The molecular weight excluding hydrogens is 452 g/mol. The number of H-pyrrole nitrogens is 2. The van der Waals surface area contributed by atoms with Crippen LogP contribution in [0.1, 0.15) is 15.9 Å². The number of sulfonamides is 1. The highest BCUT2D eigenvalue weighted by atomic mass is 35.5. The maximum Gasteiger partial charge on any atom is 0.323 e. The van der Waals surface area contributed by atoms with E-state index in [4.69, 9.17) is 11.6 Å². The first-order valence-electron chi connectivity index (χ1n) is 9.57. The molecule has 0 fully saturated rings. The van der Waals surface area contributed by atoms with Crippen LogP contribution in [0.3, 0.4) is 0 Å². The zero-order valence-corrected chi connectivity index (χ0v) is 18.5. The highest BCUT2D eigenvalue weighted by Gasteiger charge is 2.23. The molecule has 4 aromatic rings. The molecule has 0 spiro atoms. The molecule has 0 saturated carbocycles. The number of imidazole rings is 1. The van der Waals surface area contributed by atoms with Gasteiger partial charge in [-0.25, -0.2) is 13.2 Å². The number of aromatic nitrogens is 2. The molecule has 0 bridgehead atoms. The second kappa shape index (κ2) is 8.62. The standard InChI is InChI=1S/C22H19ClN4O4S/c1-27(13-14-5-3-2-4-6-14)32(30,31)16-8-9-18(23)17(12-16)21(28)24-15-7-10-19-20(11-15)26-22(29)25-19/h2-12H,13H2,1H3,(H,24,28)(H2,25,26,29). The normalized spacial score (nSPS) is 11.7. The maximum absolute atomic E-state index is 13.0. The van der Waals surface area contributed by atoms with Crippen LogP contribution >= 0.6 is 11.6 Å². The van der Waals surface area contributed by atoms with Crippen LogP contribution in [-0.2, 0) is 16.6 Å². The molecule has 1 aromatic heterocycles. The molecule has 0 radical (unpaired) electrons. The molecule has 4 rings (SSSR count). The van der Waals surface area contributed by atoms with Crippen molar-refractivity contribution in [2.45, 2.75) is 11.4 Å². The molecule has 0 unspecified atom stereocenters. The highest BCUT2D eigenvalue weighted by molar-refractivity contribution is 7.89. The van der Waals surface area contributed by atoms with Crippen LogP contribution in [0.2, 0.25) is 5.02 Å². The van der Waals surface area contributed by atoms with Crippen LogP contribution in [0, 0.1) is 0 Å². The number of benzene rings is 3. The van der Waals surface area contributed by atoms with Gasteiger partial charge < -0.3 is 15.3 Å². The lowest BCUT2D eigenvalue weighted by atomic mass is 10.2. The molecule has 164 valence electrons. The van der Waals surface area contributed by atoms with Gasteiger partial charge in [0.15, 0.2) is 0 Å². The maximum atomic E-state index is 13.0. The number of carbonyl (C=O) groups excluding carboxylic acids is 1. The van der Waals surface area contributed by atoms with E-state index in [1.54, 1.807) is 18.2 Å². The largest absolute Gasteiger partial charge is 0.323 e. The van der Waals surface area contributed by atoms with Crippen LogP contribution in [0.25, 0.3) is 11.0 Å². The molecule has 10 heteroatoms. The Morgan fingerprint density at radius 1 is 1.00 bits per heavy atom. The van der Waals surface area contributed by atoms with Crippen molar-refractivity contribution in [2.75, 3.05) is 12.4 Å². The van der Waals surface area contributed by atoms with Crippen LogP contribution in [0.15, 0.2) is 76.4 Å². The second-order valence-electron chi connectivity index (χ2n) is 7.18. The van der Waals surface area contributed by atoms with Gasteiger partial charge in [0.1, 0.15) is 0 Å². The molecule has 3 aromatic carbocycles. The Hall–Kier alpha value is -3.40. The van der Waals surface area contributed by atoms with Crippen molar-refractivity contribution in [1.29, 1.82) is 0 Å². The first-order chi connectivity index (χ1) is 15.2. The van der Waals surface area contributed by atoms with E-state index in [9.17, 15) is 18.0 Å². The molecule has 0 aliphatic carbocycles. The summed E-state index contributed by atoms with van der Waals surface area (Å²) >= 11 is 6.19. The minimum Gasteiger partial charge on any atom is -0.322 e. The Bertz CT molecular complexity index is 1460. The van der Waals surface area contributed by atoms with Gasteiger partial charge in [0.2, 0.25) is 10.0 Å². The fraction of sp³-hybridized carbons (Fsp3) is 0.0909. The number of nitrogens with zero attached hydrogens (tertiary/aromatic N) is 1. The zero-order valence-electron chi connectivity index (χ0n) is 16.9. The Balaban J connectivity index is 1.59. The Morgan fingerprint density at radius 3 is 2.47 bits per heavy atom. The minimum absolute atomic E-state index is 0.0171. The van der Waals surface area contributed by atoms with Crippen LogP contribution in [-0.4, -0.2) is 35.6 Å². The predicted molar refractivity (Wildman–Crippen MR) is 123 cm³/mol. The lowest BCUT2D eigenvalue weighted by Gasteiger charge is -2.18. The summed E-state index contributed by atoms with van der Waals surface area (Å²) in [6.45, 7) is 0.183. The summed E-state index contributed by atoms with van der Waals surface area (Å²) in [5, 5.41) is 2.79. The molecular formula is C22H19ClN4O4S. The summed E-state index contributed by atoms with van der Waals surface area (Å²) < 4.78 is 27.3. The molecule has 1 heterocycles. The summed E-state index contributed by atoms with van der Waals surface area (Å²) in [4.78, 5) is 29.4. The average Bonchev–Trinajstić information content (AvgIpc) is 3.13. The van der Waals surface area contributed by atoms with E-state index in [1.165, 1.54) is 29.6 Å². The number of hydrogen-bond donors (Lipinski definition) is 3. The second-order valence-corrected chi connectivity index (χ2v) is 9.63. The molecule has 0 aliphatic rings. The third-order valence-electron chi connectivity index (χ3n) is 4.91. The third-order valence-corrected chi connectivity index (χ3v) is 7.04. The quantitative estimate of drug-likeness (QED) is 0.399. The number of amides is 1. The Kier molecular flexibility index (Phi) is 5.88. The summed E-state index contributed by atoms with van der Waals surface area (Å²) in [5.74, 6) is -0.574. The van der Waals surface area contributed by atoms with E-state index in [0.29, 0.717) is 16.7 Å². The highest BCUT2D eigenvalue weighted by Crippen LogP contribution is 2.25. The lowest BCUT2D eigenvalue weighted by Crippen LogP contribution is -2.27. The van der Waals surface area contributed by atoms with Crippen molar-refractivity contribution in [1.82, 2.24) is 14.3 Å². The van der Waals surface area contributed by atoms with E-state index in [-0.39, 0.29) is 27.7 Å². The lowest BCUT2D eigenvalue weighted by molar-refractivity contribution is 0.102. The van der Waals surface area contributed by atoms with E-state index in [0.717, 1.165) is 5.56 Å². The van der Waals surface area contributed by atoms with Gasteiger partial charge in [-0.05, 0) is 42.0 Å². The summed E-state index contributed by atoms with van der Waals surface area (Å²) in [6, 6.07) is 18.0. The fourth-order valence-corrected chi connectivity index (χ4v) is 4.64. The summed E-state index contributed by atoms with van der Waals surface area (Å²) in [7, 11) is -2.38. The molecule has 3 N–H and O–H groups in total. The zero-order chi connectivity index (χ0) is 22.9. The van der Waals surface area contributed by atoms with Crippen LogP contribution in [0.5, 0.6) is 0 Å². The van der Waals surface area contributed by atoms with Gasteiger partial charge in [-0.3, -0.25) is 4.79 Å². The number of rotatable bonds is 6. The molecule has 1 amide bonds. The number of aromatic amines is 2. The van der Waals surface area contributed by atoms with Crippen LogP contribution < -0.4 is 11.0 Å². The van der Waals surface area contributed by atoms with Crippen molar-refractivity contribution in [3.63, 3.8) is 0 Å². The van der Waals surface area contributed by atoms with Gasteiger partial charge in [0.25, 0.3) is 5.91 Å². The van der Waals surface area contributed by atoms with Gasteiger partial charge in [-0.1, -0.05) is 41.9 Å².